The molecule has 0 fully saturated rings. The number of hydrogen-bond donors (Lipinski definition) is 0. The summed E-state index contributed by atoms with van der Waals surface area (Å²) in [7, 11) is 0. The van der Waals surface area contributed by atoms with E-state index in [0.717, 1.165) is 69.2 Å². The molecule has 3 heterocycles. The smallest absolute Gasteiger partial charge is 0.0992 e. The van der Waals surface area contributed by atoms with Crippen LogP contribution < -0.4 is 0 Å². The Morgan fingerprint density at radius 1 is 0.667 bits per heavy atom. The molecule has 4 nitrogen and oxygen atoms in total. The van der Waals surface area contributed by atoms with E-state index in [1.54, 1.807) is 0 Å². The number of benzene rings is 1. The molecule has 0 aliphatic carbocycles. The van der Waals surface area contributed by atoms with Gasteiger partial charge in [-0.05, 0) is 43.5 Å². The number of rotatable bonds is 3. The van der Waals surface area contributed by atoms with Crippen LogP contribution in [-0.2, 0) is 19.3 Å². The highest BCUT2D eigenvalue weighted by atomic mass is 14.8. The zero-order valence-electron chi connectivity index (χ0n) is 14.3. The summed E-state index contributed by atoms with van der Waals surface area (Å²) in [6, 6.07) is 8.23. The summed E-state index contributed by atoms with van der Waals surface area (Å²) in [6.45, 7) is 6.38. The average Bonchev–Trinajstić information content (AvgIpc) is 2.66. The fraction of sp³-hybridized carbons (Fsp3) is 0.300. The van der Waals surface area contributed by atoms with E-state index in [4.69, 9.17) is 15.0 Å². The molecule has 0 aliphatic rings. The lowest BCUT2D eigenvalue weighted by Gasteiger charge is -2.12. The van der Waals surface area contributed by atoms with E-state index in [9.17, 15) is 0 Å². The summed E-state index contributed by atoms with van der Waals surface area (Å²) >= 11 is 0. The van der Waals surface area contributed by atoms with Crippen LogP contribution in [0.1, 0.15) is 37.9 Å². The van der Waals surface area contributed by atoms with Gasteiger partial charge in [0.1, 0.15) is 0 Å². The molecule has 1 aromatic carbocycles. The van der Waals surface area contributed by atoms with E-state index in [0.29, 0.717) is 0 Å². The number of aryl methyl sites for hydroxylation is 3. The fourth-order valence-corrected chi connectivity index (χ4v) is 3.30. The molecule has 0 aliphatic heterocycles. The Bertz CT molecular complexity index is 1070. The van der Waals surface area contributed by atoms with Crippen LogP contribution in [0.15, 0.2) is 30.5 Å². The third kappa shape index (κ3) is 2.13. The van der Waals surface area contributed by atoms with Gasteiger partial charge in [0.05, 0.1) is 33.5 Å². The highest BCUT2D eigenvalue weighted by Crippen LogP contribution is 2.31. The Hall–Kier alpha value is -2.62. The van der Waals surface area contributed by atoms with Gasteiger partial charge < -0.3 is 0 Å². The molecule has 0 N–H and O–H groups in total. The molecule has 4 heteroatoms. The van der Waals surface area contributed by atoms with Gasteiger partial charge in [-0.15, -0.1) is 0 Å². The molecular formula is C20H20N4. The van der Waals surface area contributed by atoms with Crippen LogP contribution in [0.25, 0.3) is 32.8 Å². The maximum Gasteiger partial charge on any atom is 0.0992 e. The molecule has 0 atom stereocenters. The molecule has 0 saturated carbocycles. The van der Waals surface area contributed by atoms with Crippen LogP contribution in [0.3, 0.4) is 0 Å². The standard InChI is InChI=1S/C20H20N4/c1-4-12-9-10-14-18(22-12)17-13(8-7-11-21-17)19-20(14)24-16(6-3)15(5-2)23-19/h7-11H,4-6H2,1-3H3. The van der Waals surface area contributed by atoms with Gasteiger partial charge in [-0.1, -0.05) is 20.8 Å². The molecule has 4 rings (SSSR count). The number of pyridine rings is 2. The second-order valence-corrected chi connectivity index (χ2v) is 5.97. The van der Waals surface area contributed by atoms with E-state index in [-0.39, 0.29) is 0 Å². The first-order valence-corrected chi connectivity index (χ1v) is 8.62. The van der Waals surface area contributed by atoms with Crippen LogP contribution in [0.4, 0.5) is 0 Å². The minimum Gasteiger partial charge on any atom is -0.254 e. The van der Waals surface area contributed by atoms with Crippen molar-refractivity contribution < 1.29 is 0 Å². The lowest BCUT2D eigenvalue weighted by atomic mass is 10.1. The second kappa shape index (κ2) is 5.78. The molecular weight excluding hydrogens is 296 g/mol. The first kappa shape index (κ1) is 14.9. The molecule has 0 bridgehead atoms. The summed E-state index contributed by atoms with van der Waals surface area (Å²) in [5, 5.41) is 2.07. The van der Waals surface area contributed by atoms with Crippen molar-refractivity contribution in [2.45, 2.75) is 40.0 Å². The van der Waals surface area contributed by atoms with Gasteiger partial charge in [-0.25, -0.2) is 9.97 Å². The van der Waals surface area contributed by atoms with Crippen LogP contribution >= 0.6 is 0 Å². The number of aromatic nitrogens is 4. The first-order valence-electron chi connectivity index (χ1n) is 8.62. The molecule has 3 aromatic heterocycles. The first-order chi connectivity index (χ1) is 11.8. The normalized spacial score (nSPS) is 11.6. The summed E-state index contributed by atoms with van der Waals surface area (Å²) in [4.78, 5) is 19.4. The predicted molar refractivity (Wildman–Crippen MR) is 98.3 cm³/mol. The lowest BCUT2D eigenvalue weighted by molar-refractivity contribution is 0.932. The maximum atomic E-state index is 4.97. The number of hydrogen-bond acceptors (Lipinski definition) is 4. The molecule has 4 aromatic rings. The van der Waals surface area contributed by atoms with Crippen molar-refractivity contribution in [3.63, 3.8) is 0 Å². The molecule has 24 heavy (non-hydrogen) atoms. The monoisotopic (exact) mass is 316 g/mol. The van der Waals surface area contributed by atoms with Gasteiger partial charge >= 0.3 is 0 Å². The minimum atomic E-state index is 0.888. The predicted octanol–water partition coefficient (Wildman–Crippen LogP) is 4.41. The molecule has 0 spiro atoms. The quantitative estimate of drug-likeness (QED) is 0.525. The maximum absolute atomic E-state index is 4.97. The Morgan fingerprint density at radius 2 is 1.29 bits per heavy atom. The zero-order valence-corrected chi connectivity index (χ0v) is 14.3. The van der Waals surface area contributed by atoms with E-state index in [1.165, 1.54) is 0 Å². The Morgan fingerprint density at radius 3 is 1.92 bits per heavy atom. The van der Waals surface area contributed by atoms with Crippen molar-refractivity contribution >= 4 is 32.8 Å². The molecule has 120 valence electrons. The average molecular weight is 316 g/mol. The third-order valence-corrected chi connectivity index (χ3v) is 4.58. The van der Waals surface area contributed by atoms with E-state index in [2.05, 4.69) is 44.0 Å². The molecule has 0 unspecified atom stereocenters. The third-order valence-electron chi connectivity index (χ3n) is 4.58. The van der Waals surface area contributed by atoms with Gasteiger partial charge in [0.15, 0.2) is 0 Å². The van der Waals surface area contributed by atoms with Crippen LogP contribution in [0, 0.1) is 0 Å². The van der Waals surface area contributed by atoms with Crippen molar-refractivity contribution in [2.75, 3.05) is 0 Å². The van der Waals surface area contributed by atoms with Crippen LogP contribution in [0.5, 0.6) is 0 Å². The summed E-state index contributed by atoms with van der Waals surface area (Å²) in [5.74, 6) is 0. The Labute approximate surface area is 141 Å². The van der Waals surface area contributed by atoms with Crippen molar-refractivity contribution in [2.24, 2.45) is 0 Å². The zero-order chi connectivity index (χ0) is 16.7. The highest BCUT2D eigenvalue weighted by Gasteiger charge is 2.15. The minimum absolute atomic E-state index is 0.888. The van der Waals surface area contributed by atoms with Gasteiger partial charge in [0, 0.05) is 22.7 Å². The number of fused-ring (bicyclic) bond motifs is 6. The Kier molecular flexibility index (Phi) is 3.60. The van der Waals surface area contributed by atoms with Crippen molar-refractivity contribution in [1.29, 1.82) is 0 Å². The van der Waals surface area contributed by atoms with E-state index >= 15 is 0 Å². The van der Waals surface area contributed by atoms with Gasteiger partial charge in [-0.2, -0.15) is 0 Å². The summed E-state index contributed by atoms with van der Waals surface area (Å²) < 4.78 is 0. The van der Waals surface area contributed by atoms with Crippen molar-refractivity contribution in [3.8, 4) is 0 Å². The summed E-state index contributed by atoms with van der Waals surface area (Å²) in [5.41, 5.74) is 6.94. The highest BCUT2D eigenvalue weighted by molar-refractivity contribution is 6.20. The number of nitrogens with zero attached hydrogens (tertiary/aromatic N) is 4. The molecule has 0 radical (unpaired) electrons. The Balaban J connectivity index is 2.27. The molecule has 0 saturated heterocycles. The van der Waals surface area contributed by atoms with Crippen LogP contribution in [0.2, 0.25) is 0 Å². The fourth-order valence-electron chi connectivity index (χ4n) is 3.30. The van der Waals surface area contributed by atoms with Crippen molar-refractivity contribution in [1.82, 2.24) is 19.9 Å². The lowest BCUT2D eigenvalue weighted by Crippen LogP contribution is -2.02. The van der Waals surface area contributed by atoms with Crippen LogP contribution in [-0.4, -0.2) is 19.9 Å². The topological polar surface area (TPSA) is 51.6 Å². The largest absolute Gasteiger partial charge is 0.254 e. The SMILES string of the molecule is CCc1ccc2c(n1)c1ncccc1c1nc(CC)c(CC)nc21. The van der Waals surface area contributed by atoms with E-state index < -0.39 is 0 Å². The molecule has 0 amide bonds. The summed E-state index contributed by atoms with van der Waals surface area (Å²) in [6.07, 6.45) is 4.50. The van der Waals surface area contributed by atoms with Gasteiger partial charge in [0.25, 0.3) is 0 Å². The van der Waals surface area contributed by atoms with E-state index in [1.807, 2.05) is 12.3 Å². The van der Waals surface area contributed by atoms with Gasteiger partial charge in [0.2, 0.25) is 0 Å². The van der Waals surface area contributed by atoms with Gasteiger partial charge in [-0.3, -0.25) is 9.97 Å². The second-order valence-electron chi connectivity index (χ2n) is 5.97. The van der Waals surface area contributed by atoms with Crippen molar-refractivity contribution in [3.05, 3.63) is 47.5 Å².